The van der Waals surface area contributed by atoms with E-state index in [1.807, 2.05) is 27.7 Å². The van der Waals surface area contributed by atoms with Crippen molar-refractivity contribution in [1.29, 1.82) is 0 Å². The SMILES string of the molecule is CCCC(=O)CC(=O)OOC(C)CC.CCCC(=O)CC(=O)OOC(C)CC.[Ti]. The molecule has 0 aliphatic carbocycles. The molecule has 2 unspecified atom stereocenters. The molecule has 0 N–H and O–H groups in total. The molecule has 168 valence electrons. The Morgan fingerprint density at radius 3 is 1.21 bits per heavy atom. The zero-order valence-electron chi connectivity index (χ0n) is 18.6. The third-order valence-electron chi connectivity index (χ3n) is 3.50. The smallest absolute Gasteiger partial charge is 0.299 e. The first-order valence-electron chi connectivity index (χ1n) is 9.95. The van der Waals surface area contributed by atoms with Gasteiger partial charge < -0.3 is 0 Å². The Kier molecular flexibility index (Phi) is 24.3. The van der Waals surface area contributed by atoms with Gasteiger partial charge in [-0.1, -0.05) is 27.7 Å². The van der Waals surface area contributed by atoms with Crippen molar-refractivity contribution in [2.75, 3.05) is 0 Å². The molecule has 0 spiro atoms. The van der Waals surface area contributed by atoms with Crippen LogP contribution in [0.4, 0.5) is 0 Å². The summed E-state index contributed by atoms with van der Waals surface area (Å²) in [6, 6.07) is 0. The zero-order chi connectivity index (χ0) is 21.9. The molecule has 0 saturated carbocycles. The summed E-state index contributed by atoms with van der Waals surface area (Å²) in [5.74, 6) is -1.43. The van der Waals surface area contributed by atoms with Crippen LogP contribution < -0.4 is 0 Å². The van der Waals surface area contributed by atoms with E-state index in [0.717, 1.165) is 25.7 Å². The number of hydrogen-bond acceptors (Lipinski definition) is 8. The maximum absolute atomic E-state index is 11.0. The van der Waals surface area contributed by atoms with E-state index in [1.54, 1.807) is 13.8 Å². The molecule has 0 aromatic rings. The number of rotatable bonds is 14. The molecule has 0 radical (unpaired) electrons. The Bertz CT molecular complexity index is 425. The molecule has 0 aromatic carbocycles. The Balaban J connectivity index is -0.000000451. The minimum atomic E-state index is -0.608. The van der Waals surface area contributed by atoms with Crippen molar-refractivity contribution in [3.05, 3.63) is 0 Å². The van der Waals surface area contributed by atoms with E-state index in [4.69, 9.17) is 9.78 Å². The van der Waals surface area contributed by atoms with Crippen molar-refractivity contribution >= 4 is 23.5 Å². The fourth-order valence-corrected chi connectivity index (χ4v) is 1.52. The minimum absolute atomic E-state index is 0. The van der Waals surface area contributed by atoms with Crippen molar-refractivity contribution < 1.29 is 60.4 Å². The molecule has 9 heteroatoms. The normalized spacial score (nSPS) is 11.8. The second kappa shape index (κ2) is 21.6. The van der Waals surface area contributed by atoms with Gasteiger partial charge in [0.15, 0.2) is 0 Å². The van der Waals surface area contributed by atoms with Gasteiger partial charge in [0.05, 0.1) is 0 Å². The van der Waals surface area contributed by atoms with Crippen LogP contribution in [0.5, 0.6) is 0 Å². The largest absolute Gasteiger partial charge is 0.349 e. The molecule has 0 aromatic heterocycles. The van der Waals surface area contributed by atoms with Gasteiger partial charge >= 0.3 is 11.9 Å². The van der Waals surface area contributed by atoms with Crippen molar-refractivity contribution in [1.82, 2.24) is 0 Å². The Labute approximate surface area is 189 Å². The molecule has 0 bridgehead atoms. The van der Waals surface area contributed by atoms with Crippen LogP contribution in [0.3, 0.4) is 0 Å². The van der Waals surface area contributed by atoms with Gasteiger partial charge in [0.25, 0.3) is 0 Å². The number of carbonyl (C=O) groups is 4. The van der Waals surface area contributed by atoms with Crippen LogP contribution in [-0.2, 0) is 60.4 Å². The average Bonchev–Trinajstić information content (AvgIpc) is 2.64. The van der Waals surface area contributed by atoms with E-state index in [1.165, 1.54) is 0 Å². The van der Waals surface area contributed by atoms with Crippen LogP contribution >= 0.6 is 0 Å². The molecule has 0 saturated heterocycles. The summed E-state index contributed by atoms with van der Waals surface area (Å²) >= 11 is 0. The van der Waals surface area contributed by atoms with E-state index in [-0.39, 0.29) is 58.3 Å². The van der Waals surface area contributed by atoms with Crippen LogP contribution in [0, 0.1) is 0 Å². The predicted molar refractivity (Wildman–Crippen MR) is 103 cm³/mol. The summed E-state index contributed by atoms with van der Waals surface area (Å²) in [6.45, 7) is 11.2. The summed E-state index contributed by atoms with van der Waals surface area (Å²) in [4.78, 5) is 62.3. The molecule has 0 fully saturated rings. The monoisotopic (exact) mass is 452 g/mol. The molecule has 0 rings (SSSR count). The van der Waals surface area contributed by atoms with E-state index < -0.39 is 11.9 Å². The van der Waals surface area contributed by atoms with E-state index in [0.29, 0.717) is 12.8 Å². The predicted octanol–water partition coefficient (Wildman–Crippen LogP) is 4.04. The molecular weight excluding hydrogens is 416 g/mol. The fourth-order valence-electron chi connectivity index (χ4n) is 1.52. The maximum atomic E-state index is 11.0. The van der Waals surface area contributed by atoms with Crippen molar-refractivity contribution in [3.8, 4) is 0 Å². The third-order valence-corrected chi connectivity index (χ3v) is 3.50. The van der Waals surface area contributed by atoms with Crippen LogP contribution in [-0.4, -0.2) is 35.7 Å². The van der Waals surface area contributed by atoms with Crippen LogP contribution in [0.15, 0.2) is 0 Å². The summed E-state index contributed by atoms with van der Waals surface area (Å²) in [5.41, 5.74) is 0. The molecule has 0 amide bonds. The van der Waals surface area contributed by atoms with Crippen molar-refractivity contribution in [3.63, 3.8) is 0 Å². The molecule has 29 heavy (non-hydrogen) atoms. The summed E-state index contributed by atoms with van der Waals surface area (Å²) in [5, 5.41) is 0. The van der Waals surface area contributed by atoms with Gasteiger partial charge in [-0.05, 0) is 39.5 Å². The third kappa shape index (κ3) is 23.1. The molecule has 2 atom stereocenters. The second-order valence-electron chi connectivity index (χ2n) is 6.47. The van der Waals surface area contributed by atoms with Gasteiger partial charge in [-0.25, -0.2) is 9.59 Å². The van der Waals surface area contributed by atoms with E-state index in [9.17, 15) is 19.2 Å². The Morgan fingerprint density at radius 2 is 0.966 bits per heavy atom. The van der Waals surface area contributed by atoms with E-state index >= 15 is 0 Å². The number of hydrogen-bond donors (Lipinski definition) is 0. The van der Waals surface area contributed by atoms with E-state index in [2.05, 4.69) is 9.78 Å². The summed E-state index contributed by atoms with van der Waals surface area (Å²) in [7, 11) is 0. The standard InChI is InChI=1S/2C10H18O4.Ti/c2*1-4-6-9(11)7-10(12)14-13-8(3)5-2;/h2*8H,4-7H2,1-3H3;. The maximum Gasteiger partial charge on any atom is 0.349 e. The summed E-state index contributed by atoms with van der Waals surface area (Å²) < 4.78 is 0. The van der Waals surface area contributed by atoms with Crippen LogP contribution in [0.25, 0.3) is 0 Å². The minimum Gasteiger partial charge on any atom is -0.299 e. The summed E-state index contributed by atoms with van der Waals surface area (Å²) in [6.07, 6.45) is 3.22. The van der Waals surface area contributed by atoms with Crippen LogP contribution in [0.2, 0.25) is 0 Å². The first-order chi connectivity index (χ1) is 13.2. The second-order valence-corrected chi connectivity index (χ2v) is 6.47. The van der Waals surface area contributed by atoms with Crippen molar-refractivity contribution in [2.45, 2.75) is 105 Å². The van der Waals surface area contributed by atoms with Gasteiger partial charge in [-0.2, -0.15) is 9.78 Å². The number of Topliss-reactive ketones (excluding diaryl/α,β-unsaturated/α-hetero) is 2. The van der Waals surface area contributed by atoms with Crippen molar-refractivity contribution in [2.24, 2.45) is 0 Å². The van der Waals surface area contributed by atoms with Crippen LogP contribution in [0.1, 0.15) is 92.9 Å². The molecule has 0 aliphatic heterocycles. The molecular formula is C20H36O8Ti. The Morgan fingerprint density at radius 1 is 0.655 bits per heavy atom. The van der Waals surface area contributed by atoms with Gasteiger partial charge in [-0.15, -0.1) is 0 Å². The Hall–Kier alpha value is -1.09. The quantitative estimate of drug-likeness (QED) is 0.168. The molecule has 0 heterocycles. The number of ketones is 2. The average molecular weight is 452 g/mol. The fraction of sp³-hybridized carbons (Fsp3) is 0.800. The van der Waals surface area contributed by atoms with Gasteiger partial charge in [0.2, 0.25) is 0 Å². The first kappa shape index (κ1) is 32.6. The van der Waals surface area contributed by atoms with Gasteiger partial charge in [0.1, 0.15) is 36.6 Å². The zero-order valence-corrected chi connectivity index (χ0v) is 20.1. The van der Waals surface area contributed by atoms with Gasteiger partial charge in [0, 0.05) is 34.6 Å². The molecule has 0 aliphatic rings. The topological polar surface area (TPSA) is 105 Å². The van der Waals surface area contributed by atoms with Gasteiger partial charge in [-0.3, -0.25) is 19.4 Å². The number of carbonyl (C=O) groups excluding carboxylic acids is 4. The molecule has 8 nitrogen and oxygen atoms in total. The first-order valence-corrected chi connectivity index (χ1v) is 9.95.